The molecule has 0 amide bonds. The molecular formula is C19H20O. The topological polar surface area (TPSA) is 17.1 Å². The van der Waals surface area contributed by atoms with Gasteiger partial charge in [0.2, 0.25) is 0 Å². The fourth-order valence-electron chi connectivity index (χ4n) is 3.73. The Bertz CT molecular complexity index is 534. The van der Waals surface area contributed by atoms with Crippen molar-refractivity contribution < 1.29 is 4.79 Å². The van der Waals surface area contributed by atoms with Crippen LogP contribution in [0.4, 0.5) is 0 Å². The molecule has 1 nitrogen and oxygen atoms in total. The van der Waals surface area contributed by atoms with Gasteiger partial charge in [-0.15, -0.1) is 0 Å². The Morgan fingerprint density at radius 2 is 1.00 bits per heavy atom. The Hall–Kier alpha value is -1.89. The molecule has 0 saturated heterocycles. The highest BCUT2D eigenvalue weighted by Gasteiger charge is 2.46. The minimum atomic E-state index is 0.0950. The summed E-state index contributed by atoms with van der Waals surface area (Å²) < 4.78 is 0. The molecule has 2 aromatic carbocycles. The zero-order chi connectivity index (χ0) is 14.1. The number of carbonyl (C=O) groups excluding carboxylic acids is 1. The molecule has 0 aromatic heterocycles. The van der Waals surface area contributed by atoms with Gasteiger partial charge in [-0.25, -0.2) is 0 Å². The zero-order valence-corrected chi connectivity index (χ0v) is 12.0. The van der Waals surface area contributed by atoms with E-state index in [0.717, 1.165) is 0 Å². The lowest BCUT2D eigenvalue weighted by Gasteiger charge is -2.24. The maximum absolute atomic E-state index is 12.5. The van der Waals surface area contributed by atoms with Crippen molar-refractivity contribution in [3.8, 4) is 0 Å². The molecule has 4 atom stereocenters. The summed E-state index contributed by atoms with van der Waals surface area (Å²) in [7, 11) is 0. The molecule has 20 heavy (non-hydrogen) atoms. The smallest absolute Gasteiger partial charge is 0.139 e. The third-order valence-corrected chi connectivity index (χ3v) is 4.73. The largest absolute Gasteiger partial charge is 0.299 e. The van der Waals surface area contributed by atoms with Crippen LogP contribution in [0.3, 0.4) is 0 Å². The molecule has 1 aliphatic carbocycles. The van der Waals surface area contributed by atoms with Gasteiger partial charge in [0.1, 0.15) is 5.78 Å². The molecule has 1 heteroatoms. The van der Waals surface area contributed by atoms with E-state index in [1.54, 1.807) is 0 Å². The second-order valence-electron chi connectivity index (χ2n) is 5.85. The van der Waals surface area contributed by atoms with E-state index in [4.69, 9.17) is 0 Å². The van der Waals surface area contributed by atoms with Gasteiger partial charge in [-0.3, -0.25) is 4.79 Å². The van der Waals surface area contributed by atoms with Crippen molar-refractivity contribution in [3.63, 3.8) is 0 Å². The van der Waals surface area contributed by atoms with Gasteiger partial charge in [-0.2, -0.15) is 0 Å². The maximum atomic E-state index is 12.5. The van der Waals surface area contributed by atoms with Gasteiger partial charge in [0.25, 0.3) is 0 Å². The predicted molar refractivity (Wildman–Crippen MR) is 81.7 cm³/mol. The van der Waals surface area contributed by atoms with Crippen LogP contribution >= 0.6 is 0 Å². The Balaban J connectivity index is 2.07. The first kappa shape index (κ1) is 13.1. The second kappa shape index (κ2) is 5.24. The van der Waals surface area contributed by atoms with Crippen LogP contribution in [0.2, 0.25) is 0 Å². The Kier molecular flexibility index (Phi) is 3.43. The molecule has 1 fully saturated rings. The summed E-state index contributed by atoms with van der Waals surface area (Å²) in [5, 5.41) is 0. The lowest BCUT2D eigenvalue weighted by atomic mass is 9.78. The van der Waals surface area contributed by atoms with Crippen molar-refractivity contribution in [2.75, 3.05) is 0 Å². The van der Waals surface area contributed by atoms with Crippen LogP contribution in [-0.2, 0) is 4.79 Å². The quantitative estimate of drug-likeness (QED) is 0.785. The Morgan fingerprint density at radius 3 is 1.35 bits per heavy atom. The molecule has 0 spiro atoms. The minimum absolute atomic E-state index is 0.0950. The third-order valence-electron chi connectivity index (χ3n) is 4.73. The number of hydrogen-bond donors (Lipinski definition) is 0. The van der Waals surface area contributed by atoms with E-state index in [2.05, 4.69) is 62.4 Å². The van der Waals surface area contributed by atoms with E-state index in [9.17, 15) is 4.79 Å². The maximum Gasteiger partial charge on any atom is 0.139 e. The number of rotatable bonds is 2. The van der Waals surface area contributed by atoms with Crippen LogP contribution in [0.1, 0.15) is 36.8 Å². The van der Waals surface area contributed by atoms with E-state index in [1.165, 1.54) is 11.1 Å². The summed E-state index contributed by atoms with van der Waals surface area (Å²) in [6.07, 6.45) is 0. The van der Waals surface area contributed by atoms with Crippen molar-refractivity contribution in [1.29, 1.82) is 0 Å². The second-order valence-corrected chi connectivity index (χ2v) is 5.85. The monoisotopic (exact) mass is 264 g/mol. The van der Waals surface area contributed by atoms with Crippen molar-refractivity contribution in [2.45, 2.75) is 25.7 Å². The molecule has 1 aliphatic rings. The molecule has 0 heterocycles. The molecule has 102 valence electrons. The lowest BCUT2D eigenvalue weighted by Crippen LogP contribution is -2.12. The summed E-state index contributed by atoms with van der Waals surface area (Å²) >= 11 is 0. The van der Waals surface area contributed by atoms with Crippen molar-refractivity contribution in [1.82, 2.24) is 0 Å². The molecule has 3 rings (SSSR count). The minimum Gasteiger partial charge on any atom is -0.299 e. The average Bonchev–Trinajstić information content (AvgIpc) is 2.73. The van der Waals surface area contributed by atoms with Gasteiger partial charge in [-0.05, 0) is 11.1 Å². The van der Waals surface area contributed by atoms with Gasteiger partial charge in [-0.1, -0.05) is 74.5 Å². The van der Waals surface area contributed by atoms with Crippen LogP contribution in [0.5, 0.6) is 0 Å². The van der Waals surface area contributed by atoms with Crippen LogP contribution in [0.15, 0.2) is 60.7 Å². The lowest BCUT2D eigenvalue weighted by molar-refractivity contribution is -0.123. The van der Waals surface area contributed by atoms with Gasteiger partial charge >= 0.3 is 0 Å². The van der Waals surface area contributed by atoms with E-state index < -0.39 is 0 Å². The van der Waals surface area contributed by atoms with Gasteiger partial charge < -0.3 is 0 Å². The average molecular weight is 264 g/mol. The highest BCUT2D eigenvalue weighted by Crippen LogP contribution is 2.50. The summed E-state index contributed by atoms with van der Waals surface area (Å²) in [6, 6.07) is 21.0. The summed E-state index contributed by atoms with van der Waals surface area (Å²) in [5.74, 6) is 1.17. The fraction of sp³-hybridized carbons (Fsp3) is 0.316. The number of carbonyl (C=O) groups is 1. The normalized spacial score (nSPS) is 29.6. The molecule has 0 aliphatic heterocycles. The van der Waals surface area contributed by atoms with Gasteiger partial charge in [0.15, 0.2) is 0 Å². The first-order chi connectivity index (χ1) is 9.70. The summed E-state index contributed by atoms with van der Waals surface area (Å²) in [5.41, 5.74) is 2.57. The molecule has 0 N–H and O–H groups in total. The van der Waals surface area contributed by atoms with Crippen LogP contribution in [-0.4, -0.2) is 5.78 Å². The molecule has 0 radical (unpaired) electrons. The molecule has 0 bridgehead atoms. The number of benzene rings is 2. The van der Waals surface area contributed by atoms with Crippen LogP contribution in [0, 0.1) is 11.8 Å². The predicted octanol–water partition coefficient (Wildman–Crippen LogP) is 4.41. The van der Waals surface area contributed by atoms with Crippen LogP contribution in [0.25, 0.3) is 0 Å². The van der Waals surface area contributed by atoms with Crippen molar-refractivity contribution in [3.05, 3.63) is 71.8 Å². The molecule has 1 saturated carbocycles. The summed E-state index contributed by atoms with van der Waals surface area (Å²) in [6.45, 7) is 4.17. The first-order valence-electron chi connectivity index (χ1n) is 7.33. The zero-order valence-electron chi connectivity index (χ0n) is 12.0. The number of Topliss-reactive ketones (excluding diaryl/α,β-unsaturated/α-hetero) is 1. The van der Waals surface area contributed by atoms with Gasteiger partial charge in [0.05, 0.1) is 0 Å². The van der Waals surface area contributed by atoms with Crippen LogP contribution < -0.4 is 0 Å². The SMILES string of the molecule is CC1C(=O)C(C)C(c2ccccc2)C1c1ccccc1. The highest BCUT2D eigenvalue weighted by atomic mass is 16.1. The highest BCUT2D eigenvalue weighted by molar-refractivity contribution is 5.88. The van der Waals surface area contributed by atoms with E-state index in [-0.39, 0.29) is 11.8 Å². The molecular weight excluding hydrogens is 244 g/mol. The molecule has 2 aromatic rings. The first-order valence-corrected chi connectivity index (χ1v) is 7.33. The number of ketones is 1. The Labute approximate surface area is 120 Å². The third kappa shape index (κ3) is 2.07. The van der Waals surface area contributed by atoms with Crippen molar-refractivity contribution >= 4 is 5.78 Å². The van der Waals surface area contributed by atoms with Crippen molar-refractivity contribution in [2.24, 2.45) is 11.8 Å². The molecule has 4 unspecified atom stereocenters. The Morgan fingerprint density at radius 1 is 0.650 bits per heavy atom. The number of hydrogen-bond acceptors (Lipinski definition) is 1. The van der Waals surface area contributed by atoms with E-state index in [1.807, 2.05) is 12.1 Å². The van der Waals surface area contributed by atoms with E-state index >= 15 is 0 Å². The standard InChI is InChI=1S/C19H20O/c1-13-17(15-9-5-3-6-10-15)18(14(2)19(13)20)16-11-7-4-8-12-16/h3-14,17-18H,1-2H3. The van der Waals surface area contributed by atoms with Gasteiger partial charge in [0, 0.05) is 23.7 Å². The fourth-order valence-corrected chi connectivity index (χ4v) is 3.73. The van der Waals surface area contributed by atoms with E-state index in [0.29, 0.717) is 17.6 Å². The summed E-state index contributed by atoms with van der Waals surface area (Å²) in [4.78, 5) is 12.5.